The molecule has 0 aromatic carbocycles. The van der Waals surface area contributed by atoms with Crippen molar-refractivity contribution in [2.45, 2.75) is 70.5 Å². The predicted molar refractivity (Wildman–Crippen MR) is 85.2 cm³/mol. The minimum absolute atomic E-state index is 0.0364. The first-order chi connectivity index (χ1) is 10.5. The first kappa shape index (κ1) is 13.9. The van der Waals surface area contributed by atoms with Crippen LogP contribution < -0.4 is 10.9 Å². The Kier molecular flexibility index (Phi) is 3.11. The van der Waals surface area contributed by atoms with Gasteiger partial charge in [0.1, 0.15) is 11.2 Å². The van der Waals surface area contributed by atoms with Gasteiger partial charge in [-0.25, -0.2) is 9.67 Å². The van der Waals surface area contributed by atoms with Gasteiger partial charge in [0.2, 0.25) is 0 Å². The number of hydrogen-bond acceptors (Lipinski definition) is 4. The van der Waals surface area contributed by atoms with Crippen molar-refractivity contribution >= 4 is 11.0 Å². The summed E-state index contributed by atoms with van der Waals surface area (Å²) < 4.78 is 2.04. The van der Waals surface area contributed by atoms with E-state index in [9.17, 15) is 4.79 Å². The second kappa shape index (κ2) is 4.91. The summed E-state index contributed by atoms with van der Waals surface area (Å²) in [7, 11) is 0. The maximum atomic E-state index is 12.4. The summed E-state index contributed by atoms with van der Waals surface area (Å²) in [6, 6.07) is 1.23. The Morgan fingerprint density at radius 1 is 1.18 bits per heavy atom. The molecule has 2 fully saturated rings. The van der Waals surface area contributed by atoms with Gasteiger partial charge in [0.25, 0.3) is 5.56 Å². The molecule has 1 saturated heterocycles. The number of rotatable bonds is 2. The lowest BCUT2D eigenvalue weighted by atomic mass is 9.95. The highest BCUT2D eigenvalue weighted by atomic mass is 16.1. The first-order valence-electron chi connectivity index (χ1n) is 8.28. The van der Waals surface area contributed by atoms with Gasteiger partial charge in [0, 0.05) is 18.0 Å². The van der Waals surface area contributed by atoms with Crippen LogP contribution in [-0.2, 0) is 0 Å². The van der Waals surface area contributed by atoms with Gasteiger partial charge in [0.05, 0.1) is 11.7 Å². The average Bonchev–Trinajstić information content (AvgIpc) is 3.19. The Morgan fingerprint density at radius 3 is 2.50 bits per heavy atom. The number of aromatic amines is 1. The van der Waals surface area contributed by atoms with Gasteiger partial charge in [-0.15, -0.1) is 0 Å². The van der Waals surface area contributed by atoms with E-state index in [2.05, 4.69) is 29.1 Å². The topological polar surface area (TPSA) is 75.6 Å². The normalized spacial score (nSPS) is 29.1. The summed E-state index contributed by atoms with van der Waals surface area (Å²) in [6.45, 7) is 6.26. The highest BCUT2D eigenvalue weighted by molar-refractivity contribution is 5.78. The lowest BCUT2D eigenvalue weighted by molar-refractivity contribution is 0.253. The summed E-state index contributed by atoms with van der Waals surface area (Å²) in [5.41, 5.74) is 1.70. The third kappa shape index (κ3) is 2.26. The molecule has 2 N–H and O–H groups in total. The van der Waals surface area contributed by atoms with Gasteiger partial charge in [-0.05, 0) is 46.5 Å². The molecule has 2 atom stereocenters. The van der Waals surface area contributed by atoms with E-state index in [0.29, 0.717) is 35.3 Å². The number of H-pyrrole nitrogens is 1. The van der Waals surface area contributed by atoms with Gasteiger partial charge >= 0.3 is 0 Å². The number of fused-ring (bicyclic) bond motifs is 1. The maximum Gasteiger partial charge on any atom is 0.262 e. The largest absolute Gasteiger partial charge is 0.312 e. The Bertz CT molecular complexity index is 763. The van der Waals surface area contributed by atoms with Gasteiger partial charge in [0.15, 0.2) is 5.65 Å². The standard InChI is InChI=1S/C16H23N5O/c1-8-6-12(7-9(2)17-8)21-15-13(14(20-21)11-4-5-11)16(22)19-10(3)18-15/h8-9,11-12,17H,4-7H2,1-3H3,(H,18,19,22)/t8-,9-/m0/s1. The predicted octanol–water partition coefficient (Wildman–Crippen LogP) is 2.01. The third-order valence-electron chi connectivity index (χ3n) is 4.84. The summed E-state index contributed by atoms with van der Waals surface area (Å²) in [6.07, 6.45) is 4.33. The highest BCUT2D eigenvalue weighted by Gasteiger charge is 2.34. The van der Waals surface area contributed by atoms with Crippen LogP contribution in [0.2, 0.25) is 0 Å². The quantitative estimate of drug-likeness (QED) is 0.889. The van der Waals surface area contributed by atoms with Crippen molar-refractivity contribution in [1.29, 1.82) is 0 Å². The summed E-state index contributed by atoms with van der Waals surface area (Å²) in [4.78, 5) is 19.9. The molecular formula is C16H23N5O. The van der Waals surface area contributed by atoms with Crippen LogP contribution in [0.15, 0.2) is 4.79 Å². The lowest BCUT2D eigenvalue weighted by Gasteiger charge is -2.33. The average molecular weight is 301 g/mol. The summed E-state index contributed by atoms with van der Waals surface area (Å²) in [5.74, 6) is 1.11. The smallest absolute Gasteiger partial charge is 0.262 e. The Labute approximate surface area is 129 Å². The van der Waals surface area contributed by atoms with Crippen LogP contribution in [0.1, 0.15) is 63.0 Å². The summed E-state index contributed by atoms with van der Waals surface area (Å²) >= 11 is 0. The molecule has 22 heavy (non-hydrogen) atoms. The molecule has 0 radical (unpaired) electrons. The molecule has 0 spiro atoms. The SMILES string of the molecule is Cc1nc2c(c(C3CC3)nn2C2C[C@H](C)N[C@@H](C)C2)c(=O)[nH]1. The van der Waals surface area contributed by atoms with Gasteiger partial charge in [-0.1, -0.05) is 0 Å². The van der Waals surface area contributed by atoms with E-state index in [1.807, 2.05) is 11.6 Å². The molecule has 1 aliphatic heterocycles. The van der Waals surface area contributed by atoms with Crippen LogP contribution in [0.25, 0.3) is 11.0 Å². The van der Waals surface area contributed by atoms with Crippen molar-refractivity contribution in [3.8, 4) is 0 Å². The molecule has 0 unspecified atom stereocenters. The molecule has 6 heteroatoms. The van der Waals surface area contributed by atoms with Gasteiger partial charge in [-0.2, -0.15) is 5.10 Å². The second-order valence-corrected chi connectivity index (χ2v) is 7.05. The molecule has 1 aliphatic carbocycles. The van der Waals surface area contributed by atoms with Crippen molar-refractivity contribution in [3.63, 3.8) is 0 Å². The number of aromatic nitrogens is 4. The fourth-order valence-electron chi connectivity index (χ4n) is 3.81. The fraction of sp³-hybridized carbons (Fsp3) is 0.688. The van der Waals surface area contributed by atoms with E-state index in [1.165, 1.54) is 0 Å². The third-order valence-corrected chi connectivity index (χ3v) is 4.84. The van der Waals surface area contributed by atoms with Crippen LogP contribution in [0.3, 0.4) is 0 Å². The molecule has 6 nitrogen and oxygen atoms in total. The highest BCUT2D eigenvalue weighted by Crippen LogP contribution is 2.42. The van der Waals surface area contributed by atoms with Crippen molar-refractivity contribution in [2.75, 3.05) is 0 Å². The fourth-order valence-corrected chi connectivity index (χ4v) is 3.81. The van der Waals surface area contributed by atoms with Crippen LogP contribution in [-0.4, -0.2) is 31.8 Å². The zero-order chi connectivity index (χ0) is 15.4. The molecule has 4 rings (SSSR count). The summed E-state index contributed by atoms with van der Waals surface area (Å²) in [5, 5.41) is 9.13. The number of nitrogens with zero attached hydrogens (tertiary/aromatic N) is 3. The monoisotopic (exact) mass is 301 g/mol. The van der Waals surface area contributed by atoms with Gasteiger partial charge in [-0.3, -0.25) is 4.79 Å². The van der Waals surface area contributed by atoms with Crippen LogP contribution in [0.4, 0.5) is 0 Å². The second-order valence-electron chi connectivity index (χ2n) is 7.05. The van der Waals surface area contributed by atoms with E-state index in [4.69, 9.17) is 5.10 Å². The molecule has 3 heterocycles. The zero-order valence-corrected chi connectivity index (χ0v) is 13.4. The molecule has 2 aromatic rings. The van der Waals surface area contributed by atoms with Crippen LogP contribution in [0.5, 0.6) is 0 Å². The molecule has 2 aromatic heterocycles. The Morgan fingerprint density at radius 2 is 1.86 bits per heavy atom. The molecule has 118 valence electrons. The van der Waals surface area contributed by atoms with E-state index < -0.39 is 0 Å². The van der Waals surface area contributed by atoms with Crippen molar-refractivity contribution in [3.05, 3.63) is 21.9 Å². The Hall–Kier alpha value is -1.69. The molecule has 0 amide bonds. The molecular weight excluding hydrogens is 278 g/mol. The van der Waals surface area contributed by atoms with E-state index in [0.717, 1.165) is 37.0 Å². The zero-order valence-electron chi connectivity index (χ0n) is 13.4. The minimum Gasteiger partial charge on any atom is -0.312 e. The maximum absolute atomic E-state index is 12.4. The van der Waals surface area contributed by atoms with E-state index in [-0.39, 0.29) is 5.56 Å². The molecule has 1 saturated carbocycles. The Balaban J connectivity index is 1.88. The van der Waals surface area contributed by atoms with E-state index in [1.54, 1.807) is 0 Å². The number of aryl methyl sites for hydroxylation is 1. The first-order valence-corrected chi connectivity index (χ1v) is 8.28. The number of piperidine rings is 1. The van der Waals surface area contributed by atoms with Crippen LogP contribution >= 0.6 is 0 Å². The van der Waals surface area contributed by atoms with Crippen molar-refractivity contribution < 1.29 is 0 Å². The molecule has 0 bridgehead atoms. The van der Waals surface area contributed by atoms with Crippen molar-refractivity contribution in [1.82, 2.24) is 25.1 Å². The molecule has 2 aliphatic rings. The number of hydrogen-bond donors (Lipinski definition) is 2. The van der Waals surface area contributed by atoms with Crippen molar-refractivity contribution in [2.24, 2.45) is 0 Å². The van der Waals surface area contributed by atoms with Gasteiger partial charge < -0.3 is 10.3 Å². The lowest BCUT2D eigenvalue weighted by Crippen LogP contribution is -2.43. The number of nitrogens with one attached hydrogen (secondary N) is 2. The van der Waals surface area contributed by atoms with Crippen LogP contribution in [0, 0.1) is 6.92 Å². The minimum atomic E-state index is -0.0364. The van der Waals surface area contributed by atoms with E-state index >= 15 is 0 Å².